The van der Waals surface area contributed by atoms with Crippen LogP contribution in [0.5, 0.6) is 5.75 Å². The predicted octanol–water partition coefficient (Wildman–Crippen LogP) is 9.51. The molecule has 0 spiro atoms. The minimum Gasteiger partial charge on any atom is -0.489 e. The summed E-state index contributed by atoms with van der Waals surface area (Å²) in [7, 11) is 0. The van der Waals surface area contributed by atoms with Gasteiger partial charge in [0.25, 0.3) is 0 Å². The summed E-state index contributed by atoms with van der Waals surface area (Å²) in [5, 5.41) is 0. The van der Waals surface area contributed by atoms with E-state index in [4.69, 9.17) is 33.2 Å². The van der Waals surface area contributed by atoms with Crippen LogP contribution in [0.2, 0.25) is 0 Å². The Bertz CT molecular complexity index is 3090. The van der Waals surface area contributed by atoms with Crippen LogP contribution in [0.1, 0.15) is 98.4 Å². The standard InChI is InChI=1S/C58H53FN2O13S/c1-34(62)68-32-52-55(71-36(3)64)57(73-38(5)66)56(72-37(4)65)54(74-52)44-13-9-12-42(28-44)43-19-25-48(51(29-43)69-31-40-10-7-6-8-11-40)53-49(26-27-50(70-35(2)63)41-17-20-45(59)21-18-41)58(67)61(53)46-22-14-39(15-23-46)16-24-47-30-60-33-75-47/h6-15,17-23,25,28-30,33,49-50,52-57H,26-27,31-32H2,1-5H3/t49-,50+,52-,53-,54+,55-,56+,57+/m1/s1. The van der Waals surface area contributed by atoms with Crippen molar-refractivity contribution in [1.29, 1.82) is 0 Å². The van der Waals surface area contributed by atoms with Crippen molar-refractivity contribution in [2.24, 2.45) is 5.92 Å². The van der Waals surface area contributed by atoms with Crippen molar-refractivity contribution in [3.8, 4) is 28.7 Å². The SMILES string of the molecule is CC(=O)OC[C@H]1O[C@@H](c2cccc(-c3ccc([C@@H]4[C@@H](CC[C@H](OC(C)=O)c5ccc(F)cc5)C(=O)N4c4ccc(C#Cc5cncs5)cc4)c(OCc4ccccc4)c3)c2)[C@H](OC(C)=O)[C@@H](OC(C)=O)[C@@H]1OC(C)=O. The number of aromatic nitrogens is 1. The molecule has 2 aliphatic heterocycles. The van der Waals surface area contributed by atoms with Gasteiger partial charge < -0.3 is 38.1 Å². The van der Waals surface area contributed by atoms with Crippen LogP contribution in [0.4, 0.5) is 10.1 Å². The lowest BCUT2D eigenvalue weighted by atomic mass is 9.77. The molecule has 0 N–H and O–H groups in total. The molecule has 8 atom stereocenters. The van der Waals surface area contributed by atoms with Crippen LogP contribution >= 0.6 is 11.3 Å². The van der Waals surface area contributed by atoms with Gasteiger partial charge in [0.05, 0.1) is 28.5 Å². The third kappa shape index (κ3) is 13.3. The van der Waals surface area contributed by atoms with Gasteiger partial charge in [0, 0.05) is 51.4 Å². The zero-order valence-corrected chi connectivity index (χ0v) is 42.5. The Morgan fingerprint density at radius 1 is 0.733 bits per heavy atom. The number of anilines is 1. The minimum atomic E-state index is -1.37. The van der Waals surface area contributed by atoms with E-state index in [0.717, 1.165) is 29.9 Å². The van der Waals surface area contributed by atoms with Crippen molar-refractivity contribution in [3.63, 3.8) is 0 Å². The summed E-state index contributed by atoms with van der Waals surface area (Å²) in [6.45, 7) is 5.79. The Kier molecular flexibility index (Phi) is 17.2. The van der Waals surface area contributed by atoms with Crippen LogP contribution in [-0.2, 0) is 63.8 Å². The van der Waals surface area contributed by atoms with E-state index in [1.165, 1.54) is 44.2 Å². The van der Waals surface area contributed by atoms with Crippen LogP contribution in [0.15, 0.2) is 133 Å². The van der Waals surface area contributed by atoms with Gasteiger partial charge in [-0.1, -0.05) is 78.7 Å². The Morgan fingerprint density at radius 2 is 1.43 bits per heavy atom. The van der Waals surface area contributed by atoms with E-state index in [9.17, 15) is 33.2 Å². The number of halogens is 1. The highest BCUT2D eigenvalue weighted by Crippen LogP contribution is 2.50. The van der Waals surface area contributed by atoms with Gasteiger partial charge >= 0.3 is 29.8 Å². The zero-order valence-electron chi connectivity index (χ0n) is 41.6. The molecule has 386 valence electrons. The highest BCUT2D eigenvalue weighted by atomic mass is 32.1. The van der Waals surface area contributed by atoms with Crippen LogP contribution in [0, 0.1) is 23.6 Å². The van der Waals surface area contributed by atoms with Crippen molar-refractivity contribution in [2.75, 3.05) is 11.5 Å². The predicted molar refractivity (Wildman–Crippen MR) is 272 cm³/mol. The van der Waals surface area contributed by atoms with Crippen LogP contribution in [-0.4, -0.2) is 71.8 Å². The number of rotatable bonds is 17. The third-order valence-electron chi connectivity index (χ3n) is 12.5. The van der Waals surface area contributed by atoms with Gasteiger partial charge in [-0.25, -0.2) is 4.39 Å². The molecule has 0 aliphatic carbocycles. The van der Waals surface area contributed by atoms with E-state index in [0.29, 0.717) is 39.3 Å². The average Bonchev–Trinajstić information content (AvgIpc) is 3.92. The van der Waals surface area contributed by atoms with Gasteiger partial charge in [-0.3, -0.25) is 33.8 Å². The molecule has 1 amide bonds. The second-order valence-corrected chi connectivity index (χ2v) is 18.8. The summed E-state index contributed by atoms with van der Waals surface area (Å²) in [5.41, 5.74) is 7.04. The molecule has 0 unspecified atom stereocenters. The molecule has 2 saturated heterocycles. The Morgan fingerprint density at radius 3 is 2.09 bits per heavy atom. The molecule has 2 aliphatic rings. The van der Waals surface area contributed by atoms with Crippen molar-refractivity contribution < 1.29 is 66.3 Å². The van der Waals surface area contributed by atoms with Gasteiger partial charge in [0.1, 0.15) is 43.1 Å². The summed E-state index contributed by atoms with van der Waals surface area (Å²) in [5.74, 6) is 2.12. The fourth-order valence-corrected chi connectivity index (χ4v) is 9.77. The van der Waals surface area contributed by atoms with Gasteiger partial charge in [-0.2, -0.15) is 0 Å². The second-order valence-electron chi connectivity index (χ2n) is 17.9. The number of nitrogens with zero attached hydrogens (tertiary/aromatic N) is 2. The molecular weight excluding hydrogens is 984 g/mol. The van der Waals surface area contributed by atoms with E-state index in [1.807, 2.05) is 84.9 Å². The van der Waals surface area contributed by atoms with Crippen LogP contribution in [0.25, 0.3) is 11.1 Å². The molecule has 1 aromatic heterocycles. The number of ether oxygens (including phenoxy) is 7. The maximum absolute atomic E-state index is 14.6. The monoisotopic (exact) mass is 1040 g/mol. The first kappa shape index (κ1) is 53.1. The van der Waals surface area contributed by atoms with E-state index < -0.39 is 84.2 Å². The lowest BCUT2D eigenvalue weighted by Crippen LogP contribution is -2.59. The second kappa shape index (κ2) is 24.2. The third-order valence-corrected chi connectivity index (χ3v) is 13.2. The average molecular weight is 1040 g/mol. The maximum atomic E-state index is 14.6. The number of thiazole rings is 1. The highest BCUT2D eigenvalue weighted by Gasteiger charge is 2.53. The molecule has 0 bridgehead atoms. The smallest absolute Gasteiger partial charge is 0.303 e. The molecule has 6 aromatic rings. The molecule has 2 fully saturated rings. The number of esters is 5. The molecule has 0 radical (unpaired) electrons. The summed E-state index contributed by atoms with van der Waals surface area (Å²) < 4.78 is 55.5. The van der Waals surface area contributed by atoms with Gasteiger partial charge in [-0.15, -0.1) is 11.3 Å². The highest BCUT2D eigenvalue weighted by molar-refractivity contribution is 7.10. The normalized spacial score (nSPS) is 20.3. The minimum absolute atomic E-state index is 0.166. The fraction of sp³-hybridized carbons (Fsp3) is 0.293. The Hall–Kier alpha value is -8.20. The summed E-state index contributed by atoms with van der Waals surface area (Å²) in [4.78, 5) is 83.4. The largest absolute Gasteiger partial charge is 0.489 e. The lowest BCUT2D eigenvalue weighted by molar-refractivity contribution is -0.254. The Balaban J connectivity index is 1.19. The zero-order chi connectivity index (χ0) is 53.2. The van der Waals surface area contributed by atoms with E-state index in [1.54, 1.807) is 40.9 Å². The molecule has 5 aromatic carbocycles. The fourth-order valence-electron chi connectivity index (χ4n) is 9.30. The first-order valence-electron chi connectivity index (χ1n) is 24.1. The van der Waals surface area contributed by atoms with Gasteiger partial charge in [-0.05, 0) is 95.1 Å². The first-order chi connectivity index (χ1) is 36.1. The lowest BCUT2D eigenvalue weighted by Gasteiger charge is -2.48. The number of carbonyl (C=O) groups excluding carboxylic acids is 6. The topological polar surface area (TPSA) is 183 Å². The number of benzene rings is 5. The first-order valence-corrected chi connectivity index (χ1v) is 25.0. The molecule has 75 heavy (non-hydrogen) atoms. The van der Waals surface area contributed by atoms with E-state index in [-0.39, 0.29) is 32.0 Å². The summed E-state index contributed by atoms with van der Waals surface area (Å²) in [6.07, 6.45) is -4.85. The van der Waals surface area contributed by atoms with E-state index in [2.05, 4.69) is 16.8 Å². The number of carbonyl (C=O) groups is 6. The molecule has 3 heterocycles. The molecule has 0 saturated carbocycles. The van der Waals surface area contributed by atoms with E-state index >= 15 is 0 Å². The number of hydrogen-bond donors (Lipinski definition) is 0. The molecular formula is C58H53FN2O13S. The Labute approximate surface area is 436 Å². The van der Waals surface area contributed by atoms with Crippen molar-refractivity contribution in [3.05, 3.63) is 172 Å². The van der Waals surface area contributed by atoms with Crippen molar-refractivity contribution in [2.45, 2.75) is 96.7 Å². The van der Waals surface area contributed by atoms with Crippen LogP contribution < -0.4 is 9.64 Å². The van der Waals surface area contributed by atoms with Crippen LogP contribution in [0.3, 0.4) is 0 Å². The number of hydrogen-bond acceptors (Lipinski definition) is 15. The summed E-state index contributed by atoms with van der Waals surface area (Å²) in [6, 6.07) is 35.0. The van der Waals surface area contributed by atoms with Gasteiger partial charge in [0.15, 0.2) is 18.3 Å². The maximum Gasteiger partial charge on any atom is 0.303 e. The van der Waals surface area contributed by atoms with Gasteiger partial charge in [0.2, 0.25) is 5.91 Å². The van der Waals surface area contributed by atoms with Crippen molar-refractivity contribution >= 4 is 52.8 Å². The molecule has 8 rings (SSSR count). The molecule has 15 nitrogen and oxygen atoms in total. The molecule has 17 heteroatoms. The quantitative estimate of drug-likeness (QED) is 0.0364. The number of β-lactam (4-membered cyclic amide) rings is 1. The number of amides is 1. The summed E-state index contributed by atoms with van der Waals surface area (Å²) >= 11 is 1.43. The van der Waals surface area contributed by atoms with Crippen molar-refractivity contribution in [1.82, 2.24) is 4.98 Å².